The molecule has 10 nitrogen and oxygen atoms in total. The summed E-state index contributed by atoms with van der Waals surface area (Å²) in [6.07, 6.45) is 5.06. The van der Waals surface area contributed by atoms with Gasteiger partial charge >= 0.3 is 0 Å². The topological polar surface area (TPSA) is 161 Å². The molecule has 1 aliphatic carbocycles. The Bertz CT molecular complexity index is 1350. The SMILES string of the molecule is Nc1ccc2c(n1)CCN2C(=O)c1ncc(N2CCC3(CC2)Cc2ccc(CO)cc2C3N)nc1N. The molecule has 1 spiro atoms. The summed E-state index contributed by atoms with van der Waals surface area (Å²) in [7, 11) is 0. The number of aliphatic hydroxyl groups excluding tert-OH is 1. The molecule has 186 valence electrons. The number of piperidine rings is 1. The van der Waals surface area contributed by atoms with Gasteiger partial charge in [0.1, 0.15) is 11.6 Å². The van der Waals surface area contributed by atoms with Gasteiger partial charge in [-0.15, -0.1) is 0 Å². The van der Waals surface area contributed by atoms with Crippen molar-refractivity contribution < 1.29 is 9.90 Å². The molecule has 1 saturated heterocycles. The third kappa shape index (κ3) is 3.56. The van der Waals surface area contributed by atoms with Gasteiger partial charge in [-0.3, -0.25) is 4.79 Å². The quantitative estimate of drug-likeness (QED) is 0.431. The van der Waals surface area contributed by atoms with E-state index in [9.17, 15) is 9.90 Å². The van der Waals surface area contributed by atoms with Crippen molar-refractivity contribution in [3.05, 3.63) is 64.6 Å². The minimum atomic E-state index is -0.286. The number of hydrogen-bond donors (Lipinski definition) is 4. The van der Waals surface area contributed by atoms with E-state index in [-0.39, 0.29) is 35.5 Å². The van der Waals surface area contributed by atoms with Gasteiger partial charge in [0.2, 0.25) is 0 Å². The number of carbonyl (C=O) groups excluding carboxylic acids is 1. The van der Waals surface area contributed by atoms with E-state index in [1.165, 1.54) is 5.56 Å². The molecule has 1 amide bonds. The van der Waals surface area contributed by atoms with E-state index in [1.54, 1.807) is 23.2 Å². The lowest BCUT2D eigenvalue weighted by atomic mass is 9.73. The van der Waals surface area contributed by atoms with Crippen LogP contribution in [0.5, 0.6) is 0 Å². The lowest BCUT2D eigenvalue weighted by molar-refractivity contribution is 0.0985. The van der Waals surface area contributed by atoms with Crippen LogP contribution in [0.3, 0.4) is 0 Å². The van der Waals surface area contributed by atoms with Crippen LogP contribution in [0.2, 0.25) is 0 Å². The van der Waals surface area contributed by atoms with Crippen molar-refractivity contribution in [1.29, 1.82) is 0 Å². The molecule has 0 saturated carbocycles. The van der Waals surface area contributed by atoms with Crippen LogP contribution in [-0.2, 0) is 19.4 Å². The molecule has 10 heteroatoms. The van der Waals surface area contributed by atoms with E-state index in [0.29, 0.717) is 24.6 Å². The molecule has 6 rings (SSSR count). The summed E-state index contributed by atoms with van der Waals surface area (Å²) in [5.41, 5.74) is 23.8. The lowest BCUT2D eigenvalue weighted by Crippen LogP contribution is -2.44. The van der Waals surface area contributed by atoms with E-state index < -0.39 is 0 Å². The second-order valence-electron chi connectivity index (χ2n) is 10.1. The Hall–Kier alpha value is -3.76. The lowest BCUT2D eigenvalue weighted by Gasteiger charge is -2.42. The highest BCUT2D eigenvalue weighted by Gasteiger charge is 2.46. The number of fused-ring (bicyclic) bond motifs is 2. The number of carbonyl (C=O) groups is 1. The standard InChI is InChI=1S/C26H30N8O2/c27-20-4-3-19-18(31-20)5-8-34(19)25(36)22-24(29)32-21(13-30-22)33-9-6-26(7-10-33)12-16-2-1-15(14-35)11-17(16)23(26)28/h1-4,11,13,23,35H,5-10,12,14,28H2,(H2,27,31)(H2,29,32). The van der Waals surface area contributed by atoms with Crippen LogP contribution in [0.4, 0.5) is 23.1 Å². The monoisotopic (exact) mass is 486 g/mol. The maximum Gasteiger partial charge on any atom is 0.280 e. The summed E-state index contributed by atoms with van der Waals surface area (Å²) in [6, 6.07) is 9.58. The number of nitrogen functional groups attached to an aromatic ring is 2. The molecule has 3 aromatic rings. The van der Waals surface area contributed by atoms with Crippen molar-refractivity contribution in [2.45, 2.75) is 38.3 Å². The minimum Gasteiger partial charge on any atom is -0.392 e. The number of hydrogen-bond acceptors (Lipinski definition) is 9. The maximum atomic E-state index is 13.2. The smallest absolute Gasteiger partial charge is 0.280 e. The Morgan fingerprint density at radius 3 is 2.67 bits per heavy atom. The fourth-order valence-corrected chi connectivity index (χ4v) is 6.01. The number of aliphatic hydroxyl groups is 1. The van der Waals surface area contributed by atoms with Gasteiger partial charge in [-0.25, -0.2) is 15.0 Å². The summed E-state index contributed by atoms with van der Waals surface area (Å²) in [6.45, 7) is 2.09. The van der Waals surface area contributed by atoms with Gasteiger partial charge < -0.3 is 32.1 Å². The Balaban J connectivity index is 1.16. The van der Waals surface area contributed by atoms with E-state index >= 15 is 0 Å². The number of anilines is 4. The Kier molecular flexibility index (Phi) is 5.31. The number of rotatable bonds is 3. The van der Waals surface area contributed by atoms with E-state index in [2.05, 4.69) is 25.9 Å². The predicted molar refractivity (Wildman–Crippen MR) is 137 cm³/mol. The summed E-state index contributed by atoms with van der Waals surface area (Å²) in [4.78, 5) is 30.3. The van der Waals surface area contributed by atoms with Crippen LogP contribution < -0.4 is 27.0 Å². The third-order valence-corrected chi connectivity index (χ3v) is 8.08. The average Bonchev–Trinajstić information content (AvgIpc) is 3.42. The van der Waals surface area contributed by atoms with Gasteiger partial charge in [-0.05, 0) is 53.5 Å². The number of aromatic nitrogens is 3. The highest BCUT2D eigenvalue weighted by Crippen LogP contribution is 2.51. The molecule has 1 aromatic carbocycles. The molecule has 4 heterocycles. The maximum absolute atomic E-state index is 13.2. The first-order valence-electron chi connectivity index (χ1n) is 12.3. The Labute approximate surface area is 209 Å². The largest absolute Gasteiger partial charge is 0.392 e. The van der Waals surface area contributed by atoms with Crippen LogP contribution >= 0.6 is 0 Å². The molecular formula is C26H30N8O2. The molecule has 0 bridgehead atoms. The molecule has 3 aliphatic rings. The highest BCUT2D eigenvalue weighted by atomic mass is 16.3. The molecule has 1 unspecified atom stereocenters. The van der Waals surface area contributed by atoms with Crippen LogP contribution in [0.1, 0.15) is 51.8 Å². The fraction of sp³-hybridized carbons (Fsp3) is 0.385. The van der Waals surface area contributed by atoms with Gasteiger partial charge in [0.05, 0.1) is 24.2 Å². The van der Waals surface area contributed by atoms with Gasteiger partial charge in [0.15, 0.2) is 11.5 Å². The second-order valence-corrected chi connectivity index (χ2v) is 10.1. The Morgan fingerprint density at radius 2 is 1.92 bits per heavy atom. The van der Waals surface area contributed by atoms with Gasteiger partial charge in [0, 0.05) is 32.1 Å². The van der Waals surface area contributed by atoms with E-state index in [4.69, 9.17) is 17.2 Å². The second kappa shape index (κ2) is 8.42. The third-order valence-electron chi connectivity index (χ3n) is 8.08. The van der Waals surface area contributed by atoms with E-state index in [0.717, 1.165) is 54.9 Å². The number of nitrogens with zero attached hydrogens (tertiary/aromatic N) is 5. The number of benzene rings is 1. The van der Waals surface area contributed by atoms with Crippen LogP contribution in [0.15, 0.2) is 36.5 Å². The Morgan fingerprint density at radius 1 is 1.11 bits per heavy atom. The number of nitrogens with two attached hydrogens (primary N) is 3. The zero-order chi connectivity index (χ0) is 25.0. The molecular weight excluding hydrogens is 456 g/mol. The van der Waals surface area contributed by atoms with Gasteiger partial charge in [-0.1, -0.05) is 18.2 Å². The number of amides is 1. The first-order chi connectivity index (χ1) is 17.4. The summed E-state index contributed by atoms with van der Waals surface area (Å²) in [5, 5.41) is 9.51. The first-order valence-corrected chi connectivity index (χ1v) is 12.3. The molecule has 1 atom stereocenters. The first kappa shape index (κ1) is 22.7. The summed E-state index contributed by atoms with van der Waals surface area (Å²) < 4.78 is 0. The van der Waals surface area contributed by atoms with Gasteiger partial charge in [-0.2, -0.15) is 0 Å². The summed E-state index contributed by atoms with van der Waals surface area (Å²) in [5.74, 6) is 0.941. The predicted octanol–water partition coefficient (Wildman–Crippen LogP) is 1.57. The molecule has 1 fully saturated rings. The average molecular weight is 487 g/mol. The van der Waals surface area contributed by atoms with Crippen LogP contribution in [-0.4, -0.2) is 45.6 Å². The normalized spacial score (nSPS) is 20.0. The van der Waals surface area contributed by atoms with Crippen molar-refractivity contribution in [3.8, 4) is 0 Å². The van der Waals surface area contributed by atoms with Gasteiger partial charge in [0.25, 0.3) is 5.91 Å². The molecule has 2 aliphatic heterocycles. The molecule has 2 aromatic heterocycles. The zero-order valence-corrected chi connectivity index (χ0v) is 20.0. The molecule has 0 radical (unpaired) electrons. The molecule has 36 heavy (non-hydrogen) atoms. The summed E-state index contributed by atoms with van der Waals surface area (Å²) >= 11 is 0. The molecule has 7 N–H and O–H groups in total. The van der Waals surface area contributed by atoms with E-state index in [1.807, 2.05) is 12.1 Å². The zero-order valence-electron chi connectivity index (χ0n) is 20.0. The van der Waals surface area contributed by atoms with Crippen molar-refractivity contribution >= 4 is 29.0 Å². The minimum absolute atomic E-state index is 0.00235. The van der Waals surface area contributed by atoms with Crippen molar-refractivity contribution in [2.24, 2.45) is 11.1 Å². The highest BCUT2D eigenvalue weighted by molar-refractivity contribution is 6.08. The fourth-order valence-electron chi connectivity index (χ4n) is 6.01. The van der Waals surface area contributed by atoms with Crippen molar-refractivity contribution in [1.82, 2.24) is 15.0 Å². The number of pyridine rings is 1. The van der Waals surface area contributed by atoms with Crippen molar-refractivity contribution in [3.63, 3.8) is 0 Å². The van der Waals surface area contributed by atoms with Crippen molar-refractivity contribution in [2.75, 3.05) is 40.9 Å². The van der Waals surface area contributed by atoms with Crippen LogP contribution in [0, 0.1) is 5.41 Å². The van der Waals surface area contributed by atoms with Crippen LogP contribution in [0.25, 0.3) is 0 Å².